The molecule has 0 fully saturated rings. The lowest BCUT2D eigenvalue weighted by atomic mass is 10.1. The number of hydrogen-bond donors (Lipinski definition) is 1. The van der Waals surface area contributed by atoms with E-state index in [0.717, 1.165) is 26.0 Å². The summed E-state index contributed by atoms with van der Waals surface area (Å²) in [4.78, 5) is 0. The molecule has 1 rings (SSSR count). The average Bonchev–Trinajstić information content (AvgIpc) is 2.64. The van der Waals surface area contributed by atoms with Crippen molar-refractivity contribution in [3.8, 4) is 0 Å². The smallest absolute Gasteiger partial charge is 0.0652 e. The Kier molecular flexibility index (Phi) is 5.22. The maximum atomic E-state index is 5.99. The van der Waals surface area contributed by atoms with Crippen molar-refractivity contribution in [1.29, 1.82) is 0 Å². The summed E-state index contributed by atoms with van der Waals surface area (Å²) in [5.74, 6) is 0. The van der Waals surface area contributed by atoms with Gasteiger partial charge in [-0.25, -0.2) is 0 Å². The molecular weight excluding hydrogens is 212 g/mol. The second-order valence-corrected chi connectivity index (χ2v) is 5.53. The van der Waals surface area contributed by atoms with Gasteiger partial charge in [-0.15, -0.1) is 0 Å². The van der Waals surface area contributed by atoms with E-state index in [9.17, 15) is 0 Å². The number of ether oxygens (including phenoxy) is 1. The van der Waals surface area contributed by atoms with Gasteiger partial charge in [0.15, 0.2) is 0 Å². The summed E-state index contributed by atoms with van der Waals surface area (Å²) >= 11 is 0. The lowest BCUT2D eigenvalue weighted by Gasteiger charge is -2.20. The Bertz CT molecular complexity index is 325. The van der Waals surface area contributed by atoms with E-state index in [2.05, 4.69) is 50.6 Å². The van der Waals surface area contributed by atoms with Crippen LogP contribution in [-0.4, -0.2) is 22.8 Å². The third kappa shape index (κ3) is 5.37. The summed E-state index contributed by atoms with van der Waals surface area (Å²) in [6, 6.07) is 4.48. The first kappa shape index (κ1) is 14.3. The number of nitrogens with two attached hydrogens (primary N) is 1. The molecule has 1 unspecified atom stereocenters. The van der Waals surface area contributed by atoms with Crippen molar-refractivity contribution < 1.29 is 4.74 Å². The van der Waals surface area contributed by atoms with Crippen LogP contribution in [0.2, 0.25) is 0 Å². The summed E-state index contributed by atoms with van der Waals surface area (Å²) in [6.45, 7) is 10.0. The Morgan fingerprint density at radius 1 is 1.41 bits per heavy atom. The molecule has 2 N–H and O–H groups in total. The number of rotatable bonds is 6. The van der Waals surface area contributed by atoms with Crippen LogP contribution >= 0.6 is 0 Å². The zero-order chi connectivity index (χ0) is 12.9. The molecule has 0 aliphatic carbocycles. The van der Waals surface area contributed by atoms with E-state index < -0.39 is 0 Å². The Hall–Kier alpha value is -0.800. The molecule has 1 aromatic rings. The molecule has 0 aliphatic rings. The fraction of sp³-hybridized carbons (Fsp3) is 0.714. The van der Waals surface area contributed by atoms with Crippen molar-refractivity contribution in [2.24, 2.45) is 5.73 Å². The van der Waals surface area contributed by atoms with E-state index in [1.165, 1.54) is 5.69 Å². The summed E-state index contributed by atoms with van der Waals surface area (Å²) in [5, 5.41) is 0. The van der Waals surface area contributed by atoms with E-state index in [1.54, 1.807) is 0 Å². The van der Waals surface area contributed by atoms with Gasteiger partial charge in [-0.05, 0) is 39.3 Å². The van der Waals surface area contributed by atoms with Crippen LogP contribution < -0.4 is 5.73 Å². The van der Waals surface area contributed by atoms with E-state index >= 15 is 0 Å². The molecule has 3 nitrogen and oxygen atoms in total. The van der Waals surface area contributed by atoms with Crippen LogP contribution in [-0.2, 0) is 17.7 Å². The minimum Gasteiger partial charge on any atom is -0.374 e. The van der Waals surface area contributed by atoms with Gasteiger partial charge in [-0.3, -0.25) is 0 Å². The Morgan fingerprint density at radius 2 is 2.12 bits per heavy atom. The van der Waals surface area contributed by atoms with E-state index in [4.69, 9.17) is 10.5 Å². The second-order valence-electron chi connectivity index (χ2n) is 5.53. The Morgan fingerprint density at radius 3 is 2.71 bits per heavy atom. The maximum absolute atomic E-state index is 5.99. The van der Waals surface area contributed by atoms with Crippen molar-refractivity contribution >= 4 is 0 Å². The van der Waals surface area contributed by atoms with E-state index in [1.807, 2.05) is 0 Å². The van der Waals surface area contributed by atoms with E-state index in [-0.39, 0.29) is 11.6 Å². The molecule has 17 heavy (non-hydrogen) atoms. The second kappa shape index (κ2) is 6.22. The van der Waals surface area contributed by atoms with Crippen molar-refractivity contribution in [3.05, 3.63) is 24.0 Å². The molecule has 0 aliphatic heterocycles. The maximum Gasteiger partial charge on any atom is 0.0652 e. The molecule has 1 aromatic heterocycles. The molecule has 0 saturated carbocycles. The number of aromatic nitrogens is 1. The SMILES string of the molecule is CCC(N)Cc1cccn1CCOC(C)(C)C. The predicted octanol–water partition coefficient (Wildman–Crippen LogP) is 2.58. The van der Waals surface area contributed by atoms with Crippen LogP contribution in [0.15, 0.2) is 18.3 Å². The fourth-order valence-electron chi connectivity index (χ4n) is 1.72. The van der Waals surface area contributed by atoms with Crippen LogP contribution in [0.25, 0.3) is 0 Å². The molecule has 1 atom stereocenters. The third-order valence-electron chi connectivity index (χ3n) is 2.79. The highest BCUT2D eigenvalue weighted by atomic mass is 16.5. The molecule has 0 aromatic carbocycles. The van der Waals surface area contributed by atoms with Gasteiger partial charge < -0.3 is 15.0 Å². The predicted molar refractivity (Wildman–Crippen MR) is 72.1 cm³/mol. The molecular formula is C14H26N2O. The van der Waals surface area contributed by atoms with Gasteiger partial charge in [-0.2, -0.15) is 0 Å². The van der Waals surface area contributed by atoms with Crippen molar-refractivity contribution in [2.45, 2.75) is 58.7 Å². The molecule has 0 saturated heterocycles. The van der Waals surface area contributed by atoms with Crippen LogP contribution in [0.1, 0.15) is 39.8 Å². The van der Waals surface area contributed by atoms with Gasteiger partial charge >= 0.3 is 0 Å². The topological polar surface area (TPSA) is 40.2 Å². The average molecular weight is 238 g/mol. The minimum absolute atomic E-state index is 0.0624. The molecule has 0 amide bonds. The molecule has 1 heterocycles. The Labute approximate surface area is 105 Å². The number of hydrogen-bond acceptors (Lipinski definition) is 2. The molecule has 0 bridgehead atoms. The van der Waals surface area contributed by atoms with Crippen molar-refractivity contribution in [2.75, 3.05) is 6.61 Å². The third-order valence-corrected chi connectivity index (χ3v) is 2.79. The van der Waals surface area contributed by atoms with Gasteiger partial charge in [0.2, 0.25) is 0 Å². The zero-order valence-electron chi connectivity index (χ0n) is 11.6. The number of nitrogens with zero attached hydrogens (tertiary/aromatic N) is 1. The largest absolute Gasteiger partial charge is 0.374 e. The van der Waals surface area contributed by atoms with Gasteiger partial charge in [0, 0.05) is 30.9 Å². The highest BCUT2D eigenvalue weighted by Gasteiger charge is 2.10. The van der Waals surface area contributed by atoms with Crippen LogP contribution in [0.5, 0.6) is 0 Å². The summed E-state index contributed by atoms with van der Waals surface area (Å²) in [7, 11) is 0. The molecule has 0 spiro atoms. The zero-order valence-corrected chi connectivity index (χ0v) is 11.6. The van der Waals surface area contributed by atoms with Gasteiger partial charge in [0.25, 0.3) is 0 Å². The fourth-order valence-corrected chi connectivity index (χ4v) is 1.72. The van der Waals surface area contributed by atoms with Gasteiger partial charge in [0.05, 0.1) is 12.2 Å². The van der Waals surface area contributed by atoms with Crippen LogP contribution in [0.4, 0.5) is 0 Å². The standard InChI is InChI=1S/C14H26N2O/c1-5-12(15)11-13-7-6-8-16(13)9-10-17-14(2,3)4/h6-8,12H,5,9-11,15H2,1-4H3. The monoisotopic (exact) mass is 238 g/mol. The molecule has 0 radical (unpaired) electrons. The summed E-state index contributed by atoms with van der Waals surface area (Å²) in [5.41, 5.74) is 7.23. The van der Waals surface area contributed by atoms with Gasteiger partial charge in [0.1, 0.15) is 0 Å². The summed E-state index contributed by atoms with van der Waals surface area (Å²) < 4.78 is 7.97. The van der Waals surface area contributed by atoms with Crippen LogP contribution in [0, 0.1) is 0 Å². The first-order chi connectivity index (χ1) is 7.92. The van der Waals surface area contributed by atoms with Crippen LogP contribution in [0.3, 0.4) is 0 Å². The van der Waals surface area contributed by atoms with Crippen molar-refractivity contribution in [3.63, 3.8) is 0 Å². The highest BCUT2D eigenvalue weighted by Crippen LogP contribution is 2.09. The lowest BCUT2D eigenvalue weighted by Crippen LogP contribution is -2.25. The lowest BCUT2D eigenvalue weighted by molar-refractivity contribution is -0.00703. The minimum atomic E-state index is -0.0624. The normalized spacial score (nSPS) is 13.9. The van der Waals surface area contributed by atoms with Gasteiger partial charge in [-0.1, -0.05) is 6.92 Å². The van der Waals surface area contributed by atoms with Crippen molar-refractivity contribution in [1.82, 2.24) is 4.57 Å². The summed E-state index contributed by atoms with van der Waals surface area (Å²) in [6.07, 6.45) is 4.06. The molecule has 3 heteroatoms. The molecule has 98 valence electrons. The highest BCUT2D eigenvalue weighted by molar-refractivity contribution is 5.08. The first-order valence-corrected chi connectivity index (χ1v) is 6.46. The first-order valence-electron chi connectivity index (χ1n) is 6.46. The quantitative estimate of drug-likeness (QED) is 0.827. The Balaban J connectivity index is 2.46. The van der Waals surface area contributed by atoms with E-state index in [0.29, 0.717) is 0 Å².